The molecule has 1 aliphatic heterocycles. The van der Waals surface area contributed by atoms with Crippen molar-refractivity contribution < 1.29 is 17.9 Å². The van der Waals surface area contributed by atoms with E-state index in [4.69, 9.17) is 0 Å². The highest BCUT2D eigenvalue weighted by molar-refractivity contribution is 9.10. The van der Waals surface area contributed by atoms with Crippen molar-refractivity contribution in [1.29, 1.82) is 0 Å². The van der Waals surface area contributed by atoms with Gasteiger partial charge in [0.25, 0.3) is 0 Å². The zero-order valence-corrected chi connectivity index (χ0v) is 13.1. The summed E-state index contributed by atoms with van der Waals surface area (Å²) in [4.78, 5) is 0.0772. The number of rotatable bonds is 2. The molecule has 1 heterocycles. The number of aliphatic hydroxyl groups excluding tert-OH is 1. The van der Waals surface area contributed by atoms with Gasteiger partial charge in [-0.3, -0.25) is 0 Å². The molecule has 1 aromatic carbocycles. The van der Waals surface area contributed by atoms with E-state index in [0.717, 1.165) is 25.0 Å². The second kappa shape index (κ2) is 5.05. The molecule has 2 fully saturated rings. The van der Waals surface area contributed by atoms with Gasteiger partial charge in [0, 0.05) is 23.5 Å². The molecular formula is C13H15BrFNO3S. The van der Waals surface area contributed by atoms with Crippen molar-refractivity contribution in [2.75, 3.05) is 13.1 Å². The van der Waals surface area contributed by atoms with Crippen molar-refractivity contribution in [2.24, 2.45) is 11.8 Å². The van der Waals surface area contributed by atoms with Crippen LogP contribution in [0.5, 0.6) is 0 Å². The predicted octanol–water partition coefficient (Wildman–Crippen LogP) is 1.98. The van der Waals surface area contributed by atoms with Crippen LogP contribution in [0.4, 0.5) is 4.39 Å². The summed E-state index contributed by atoms with van der Waals surface area (Å²) in [5.74, 6) is -0.215. The molecule has 1 aromatic rings. The molecule has 0 amide bonds. The Bertz CT molecular complexity index is 637. The fourth-order valence-electron chi connectivity index (χ4n) is 3.22. The summed E-state index contributed by atoms with van der Waals surface area (Å²) in [7, 11) is -3.64. The predicted molar refractivity (Wildman–Crippen MR) is 75.1 cm³/mol. The van der Waals surface area contributed by atoms with E-state index in [0.29, 0.717) is 13.1 Å². The highest BCUT2D eigenvalue weighted by Gasteiger charge is 2.46. The summed E-state index contributed by atoms with van der Waals surface area (Å²) in [5.41, 5.74) is 0. The van der Waals surface area contributed by atoms with E-state index in [1.54, 1.807) is 0 Å². The van der Waals surface area contributed by atoms with E-state index in [1.807, 2.05) is 0 Å². The number of halogens is 2. The van der Waals surface area contributed by atoms with Gasteiger partial charge in [0.1, 0.15) is 5.82 Å². The van der Waals surface area contributed by atoms with Gasteiger partial charge < -0.3 is 5.11 Å². The van der Waals surface area contributed by atoms with E-state index in [2.05, 4.69) is 15.9 Å². The van der Waals surface area contributed by atoms with E-state index in [1.165, 1.54) is 10.4 Å². The van der Waals surface area contributed by atoms with Crippen LogP contribution in [0, 0.1) is 17.7 Å². The smallest absolute Gasteiger partial charge is 0.244 e. The van der Waals surface area contributed by atoms with Crippen molar-refractivity contribution in [3.8, 4) is 0 Å². The molecule has 3 rings (SSSR count). The van der Waals surface area contributed by atoms with Crippen LogP contribution >= 0.6 is 15.9 Å². The topological polar surface area (TPSA) is 57.6 Å². The van der Waals surface area contributed by atoms with E-state index < -0.39 is 21.9 Å². The lowest BCUT2D eigenvalue weighted by Gasteiger charge is -2.19. The lowest BCUT2D eigenvalue weighted by Crippen LogP contribution is -2.31. The fourth-order valence-corrected chi connectivity index (χ4v) is 5.76. The summed E-state index contributed by atoms with van der Waals surface area (Å²) in [6, 6.07) is 3.57. The van der Waals surface area contributed by atoms with Gasteiger partial charge in [-0.2, -0.15) is 4.31 Å². The number of nitrogens with zero attached hydrogens (tertiary/aromatic N) is 1. The highest BCUT2D eigenvalue weighted by Crippen LogP contribution is 2.40. The highest BCUT2D eigenvalue weighted by atomic mass is 79.9. The number of benzene rings is 1. The van der Waals surface area contributed by atoms with Gasteiger partial charge >= 0.3 is 0 Å². The number of aliphatic hydroxyl groups is 1. The molecule has 3 atom stereocenters. The Kier molecular flexibility index (Phi) is 3.64. The third kappa shape index (κ3) is 2.30. The van der Waals surface area contributed by atoms with Gasteiger partial charge in [0.2, 0.25) is 10.0 Å². The molecule has 1 saturated heterocycles. The van der Waals surface area contributed by atoms with Crippen LogP contribution in [0.25, 0.3) is 0 Å². The Hall–Kier alpha value is -0.500. The molecule has 1 aliphatic carbocycles. The van der Waals surface area contributed by atoms with Crippen molar-refractivity contribution in [3.05, 3.63) is 28.5 Å². The van der Waals surface area contributed by atoms with Crippen LogP contribution in [0.1, 0.15) is 12.8 Å². The number of sulfonamides is 1. The SMILES string of the molecule is O=S(=O)(c1ccc(F)cc1Br)N1CC2CCC(O)C2C1. The minimum atomic E-state index is -3.64. The molecule has 7 heteroatoms. The maximum absolute atomic E-state index is 13.1. The number of hydrogen-bond donors (Lipinski definition) is 1. The van der Waals surface area contributed by atoms with Gasteiger partial charge in [-0.15, -0.1) is 0 Å². The molecular weight excluding hydrogens is 349 g/mol. The lowest BCUT2D eigenvalue weighted by molar-refractivity contribution is 0.129. The fraction of sp³-hybridized carbons (Fsp3) is 0.538. The molecule has 4 nitrogen and oxygen atoms in total. The van der Waals surface area contributed by atoms with E-state index in [-0.39, 0.29) is 21.2 Å². The third-order valence-electron chi connectivity index (χ3n) is 4.30. The largest absolute Gasteiger partial charge is 0.393 e. The molecule has 3 unspecified atom stereocenters. The van der Waals surface area contributed by atoms with E-state index in [9.17, 15) is 17.9 Å². The average molecular weight is 364 g/mol. The molecule has 20 heavy (non-hydrogen) atoms. The quantitative estimate of drug-likeness (QED) is 0.873. The summed E-state index contributed by atoms with van der Waals surface area (Å²) < 4.78 is 39.9. The molecule has 1 saturated carbocycles. The Morgan fingerprint density at radius 1 is 1.30 bits per heavy atom. The molecule has 0 bridgehead atoms. The molecule has 2 aliphatic rings. The van der Waals surface area contributed by atoms with Crippen LogP contribution in [-0.4, -0.2) is 37.0 Å². The Morgan fingerprint density at radius 2 is 2.05 bits per heavy atom. The van der Waals surface area contributed by atoms with Gasteiger partial charge in [-0.25, -0.2) is 12.8 Å². The average Bonchev–Trinajstić information content (AvgIpc) is 2.92. The standard InChI is InChI=1S/C13H15BrFNO3S/c14-11-5-9(15)2-4-13(11)20(18,19)16-6-8-1-3-12(17)10(8)7-16/h2,4-5,8,10,12,17H,1,3,6-7H2. The van der Waals surface area contributed by atoms with Crippen LogP contribution in [0.15, 0.2) is 27.6 Å². The summed E-state index contributed by atoms with van der Waals surface area (Å²) in [5, 5.41) is 9.86. The Morgan fingerprint density at radius 3 is 2.70 bits per heavy atom. The number of fused-ring (bicyclic) bond motifs is 1. The first kappa shape index (κ1) is 14.4. The normalized spacial score (nSPS) is 30.6. The minimum absolute atomic E-state index is 0.0315. The maximum Gasteiger partial charge on any atom is 0.244 e. The molecule has 110 valence electrons. The first-order chi connectivity index (χ1) is 9.39. The summed E-state index contributed by atoms with van der Waals surface area (Å²) in [6.45, 7) is 0.784. The monoisotopic (exact) mass is 363 g/mol. The summed E-state index contributed by atoms with van der Waals surface area (Å²) >= 11 is 3.11. The van der Waals surface area contributed by atoms with E-state index >= 15 is 0 Å². The van der Waals surface area contributed by atoms with Crippen LogP contribution in [-0.2, 0) is 10.0 Å². The van der Waals surface area contributed by atoms with Gasteiger partial charge in [-0.05, 0) is 52.9 Å². The third-order valence-corrected chi connectivity index (χ3v) is 7.11. The van der Waals surface area contributed by atoms with Gasteiger partial charge in [0.15, 0.2) is 0 Å². The molecule has 0 aromatic heterocycles. The van der Waals surface area contributed by atoms with Gasteiger partial charge in [-0.1, -0.05) is 0 Å². The van der Waals surface area contributed by atoms with Gasteiger partial charge in [0.05, 0.1) is 11.0 Å². The second-order valence-corrected chi connectivity index (χ2v) is 8.23. The molecule has 0 spiro atoms. The minimum Gasteiger partial charge on any atom is -0.393 e. The van der Waals surface area contributed by atoms with Crippen molar-refractivity contribution >= 4 is 26.0 Å². The zero-order valence-electron chi connectivity index (χ0n) is 10.7. The Balaban J connectivity index is 1.90. The first-order valence-electron chi connectivity index (χ1n) is 6.53. The van der Waals surface area contributed by atoms with Crippen molar-refractivity contribution in [1.82, 2.24) is 4.31 Å². The number of hydrogen-bond acceptors (Lipinski definition) is 3. The lowest BCUT2D eigenvalue weighted by atomic mass is 10.00. The van der Waals surface area contributed by atoms with Crippen molar-refractivity contribution in [3.63, 3.8) is 0 Å². The van der Waals surface area contributed by atoms with Crippen LogP contribution in [0.3, 0.4) is 0 Å². The van der Waals surface area contributed by atoms with Crippen molar-refractivity contribution in [2.45, 2.75) is 23.8 Å². The molecule has 0 radical (unpaired) electrons. The van der Waals surface area contributed by atoms with Crippen LogP contribution in [0.2, 0.25) is 0 Å². The maximum atomic E-state index is 13.1. The Labute approximate surface area is 125 Å². The zero-order chi connectivity index (χ0) is 14.5. The second-order valence-electron chi connectivity index (χ2n) is 5.47. The first-order valence-corrected chi connectivity index (χ1v) is 8.76. The van der Waals surface area contributed by atoms with Crippen LogP contribution < -0.4 is 0 Å². The summed E-state index contributed by atoms with van der Waals surface area (Å²) in [6.07, 6.45) is 1.21. The molecule has 1 N–H and O–H groups in total.